The Balaban J connectivity index is 2.12. The van der Waals surface area contributed by atoms with E-state index in [0.29, 0.717) is 13.0 Å². The minimum atomic E-state index is -3.68. The number of carbonyl (C=O) groups excluding carboxylic acids is 1. The first-order chi connectivity index (χ1) is 7.59. The van der Waals surface area contributed by atoms with Gasteiger partial charge in [-0.15, -0.1) is 0 Å². The van der Waals surface area contributed by atoms with Crippen molar-refractivity contribution >= 4 is 15.9 Å². The number of carbonyl (C=O) groups is 1. The summed E-state index contributed by atoms with van der Waals surface area (Å²) >= 11 is 0. The maximum Gasteiger partial charge on any atom is 0.258 e. The van der Waals surface area contributed by atoms with Gasteiger partial charge in [0.15, 0.2) is 5.03 Å². The van der Waals surface area contributed by atoms with Crippen LogP contribution in [0.1, 0.15) is 12.8 Å². The summed E-state index contributed by atoms with van der Waals surface area (Å²) in [5, 5.41) is 8.48. The van der Waals surface area contributed by atoms with E-state index in [9.17, 15) is 13.2 Å². The first kappa shape index (κ1) is 11.1. The van der Waals surface area contributed by atoms with Crippen LogP contribution in [0.2, 0.25) is 0 Å². The summed E-state index contributed by atoms with van der Waals surface area (Å²) in [6, 6.07) is 0.644. The number of nitrogens with zero attached hydrogens (tertiary/aromatic N) is 1. The average molecular weight is 244 g/mol. The molecular weight excluding hydrogens is 232 g/mol. The van der Waals surface area contributed by atoms with Crippen molar-refractivity contribution in [1.29, 1.82) is 0 Å². The van der Waals surface area contributed by atoms with E-state index in [1.54, 1.807) is 0 Å². The van der Waals surface area contributed by atoms with E-state index in [-0.39, 0.29) is 10.9 Å². The molecule has 1 saturated heterocycles. The second kappa shape index (κ2) is 4.22. The van der Waals surface area contributed by atoms with E-state index in [1.807, 2.05) is 0 Å². The number of piperidine rings is 1. The molecule has 0 aliphatic carbocycles. The van der Waals surface area contributed by atoms with Crippen molar-refractivity contribution in [2.45, 2.75) is 23.9 Å². The molecule has 0 saturated carbocycles. The zero-order chi connectivity index (χ0) is 11.6. The third-order valence-electron chi connectivity index (χ3n) is 2.35. The second-order valence-corrected chi connectivity index (χ2v) is 5.21. The number of rotatable bonds is 3. The highest BCUT2D eigenvalue weighted by molar-refractivity contribution is 7.89. The number of amides is 1. The van der Waals surface area contributed by atoms with Crippen LogP contribution >= 0.6 is 0 Å². The molecule has 1 atom stereocenters. The fraction of sp³-hybridized carbons (Fsp3) is 0.500. The van der Waals surface area contributed by atoms with Gasteiger partial charge >= 0.3 is 0 Å². The lowest BCUT2D eigenvalue weighted by Gasteiger charge is -2.22. The summed E-state index contributed by atoms with van der Waals surface area (Å²) in [5.74, 6) is -0.283. The average Bonchev–Trinajstić information content (AvgIpc) is 2.75. The third-order valence-corrected chi connectivity index (χ3v) is 3.75. The van der Waals surface area contributed by atoms with E-state index < -0.39 is 16.1 Å². The molecule has 88 valence electrons. The van der Waals surface area contributed by atoms with Crippen LogP contribution in [0.5, 0.6) is 0 Å². The molecule has 1 aliphatic rings. The zero-order valence-corrected chi connectivity index (χ0v) is 9.25. The van der Waals surface area contributed by atoms with Gasteiger partial charge in [0.2, 0.25) is 5.91 Å². The Labute approximate surface area is 92.7 Å². The Hall–Kier alpha value is -1.41. The van der Waals surface area contributed by atoms with Crippen molar-refractivity contribution in [3.8, 4) is 0 Å². The van der Waals surface area contributed by atoms with Crippen LogP contribution in [0, 0.1) is 0 Å². The Morgan fingerprint density at radius 1 is 1.50 bits per heavy atom. The Bertz CT molecular complexity index is 467. The molecule has 16 heavy (non-hydrogen) atoms. The van der Waals surface area contributed by atoms with Gasteiger partial charge in [-0.25, -0.2) is 8.42 Å². The molecule has 0 radical (unpaired) electrons. The van der Waals surface area contributed by atoms with Gasteiger partial charge < -0.3 is 5.32 Å². The van der Waals surface area contributed by atoms with E-state index in [4.69, 9.17) is 0 Å². The van der Waals surface area contributed by atoms with Gasteiger partial charge in [0.05, 0.1) is 6.20 Å². The van der Waals surface area contributed by atoms with Crippen molar-refractivity contribution in [2.75, 3.05) is 6.54 Å². The fourth-order valence-corrected chi connectivity index (χ4v) is 2.67. The van der Waals surface area contributed by atoms with Crippen molar-refractivity contribution in [2.24, 2.45) is 0 Å². The van der Waals surface area contributed by atoms with Crippen LogP contribution in [-0.2, 0) is 14.8 Å². The fourth-order valence-electron chi connectivity index (χ4n) is 1.53. The monoisotopic (exact) mass is 244 g/mol. The lowest BCUT2D eigenvalue weighted by Crippen LogP contribution is -2.50. The summed E-state index contributed by atoms with van der Waals surface area (Å²) in [6.45, 7) is 0.598. The Morgan fingerprint density at radius 2 is 2.31 bits per heavy atom. The maximum absolute atomic E-state index is 11.7. The topological polar surface area (TPSA) is 104 Å². The lowest BCUT2D eigenvalue weighted by molar-refractivity contribution is -0.124. The molecule has 7 nitrogen and oxygen atoms in total. The van der Waals surface area contributed by atoms with Crippen LogP contribution in [-0.4, -0.2) is 37.1 Å². The molecule has 1 aliphatic heterocycles. The minimum Gasteiger partial charge on any atom is -0.355 e. The standard InChI is InChI=1S/C8H12N4O3S/c13-8-6(2-1-4-9-8)12-16(14,15)7-3-5-10-11-7/h3,5-6,12H,1-2,4H2,(H,9,13)(H,10,11). The smallest absolute Gasteiger partial charge is 0.258 e. The van der Waals surface area contributed by atoms with Crippen LogP contribution in [0.15, 0.2) is 17.3 Å². The van der Waals surface area contributed by atoms with E-state index in [1.165, 1.54) is 12.3 Å². The molecule has 1 unspecified atom stereocenters. The molecule has 8 heteroatoms. The molecule has 1 aromatic rings. The van der Waals surface area contributed by atoms with Crippen LogP contribution < -0.4 is 10.0 Å². The molecule has 2 rings (SSSR count). The zero-order valence-electron chi connectivity index (χ0n) is 8.43. The number of H-pyrrole nitrogens is 1. The van der Waals surface area contributed by atoms with Crippen molar-refractivity contribution in [3.63, 3.8) is 0 Å². The summed E-state index contributed by atoms with van der Waals surface area (Å²) in [4.78, 5) is 11.4. The van der Waals surface area contributed by atoms with E-state index in [2.05, 4.69) is 20.2 Å². The van der Waals surface area contributed by atoms with Crippen LogP contribution in [0.3, 0.4) is 0 Å². The molecule has 0 spiro atoms. The normalized spacial score (nSPS) is 21.8. The summed E-state index contributed by atoms with van der Waals surface area (Å²) < 4.78 is 25.8. The van der Waals surface area contributed by atoms with Gasteiger partial charge in [0.1, 0.15) is 6.04 Å². The second-order valence-electron chi connectivity index (χ2n) is 3.53. The Kier molecular flexibility index (Phi) is 2.92. The number of hydrogen-bond acceptors (Lipinski definition) is 4. The highest BCUT2D eigenvalue weighted by Crippen LogP contribution is 2.08. The largest absolute Gasteiger partial charge is 0.355 e. The summed E-state index contributed by atoms with van der Waals surface area (Å²) in [6.07, 6.45) is 2.62. The number of hydrogen-bond donors (Lipinski definition) is 3. The van der Waals surface area contributed by atoms with Gasteiger partial charge in [0.25, 0.3) is 10.0 Å². The van der Waals surface area contributed by atoms with Gasteiger partial charge in [-0.1, -0.05) is 0 Å². The number of aromatic amines is 1. The first-order valence-electron chi connectivity index (χ1n) is 4.89. The van der Waals surface area contributed by atoms with Crippen molar-refractivity contribution in [3.05, 3.63) is 12.3 Å². The van der Waals surface area contributed by atoms with Gasteiger partial charge in [0, 0.05) is 6.54 Å². The van der Waals surface area contributed by atoms with Gasteiger partial charge in [-0.2, -0.15) is 9.82 Å². The van der Waals surface area contributed by atoms with Gasteiger partial charge in [-0.3, -0.25) is 9.89 Å². The predicted octanol–water partition coefficient (Wildman–Crippen LogP) is -1.03. The molecule has 1 amide bonds. The molecule has 0 bridgehead atoms. The molecule has 0 aromatic carbocycles. The summed E-state index contributed by atoms with van der Waals surface area (Å²) in [5.41, 5.74) is 0. The highest BCUT2D eigenvalue weighted by atomic mass is 32.2. The predicted molar refractivity (Wildman–Crippen MR) is 54.9 cm³/mol. The SMILES string of the molecule is O=C1NCCCC1NS(=O)(=O)c1ccn[nH]1. The van der Waals surface area contributed by atoms with E-state index >= 15 is 0 Å². The Morgan fingerprint density at radius 3 is 2.94 bits per heavy atom. The molecule has 2 heterocycles. The van der Waals surface area contributed by atoms with Crippen molar-refractivity contribution < 1.29 is 13.2 Å². The van der Waals surface area contributed by atoms with Crippen molar-refractivity contribution in [1.82, 2.24) is 20.2 Å². The lowest BCUT2D eigenvalue weighted by atomic mass is 10.1. The number of sulfonamides is 1. The number of nitrogens with one attached hydrogen (secondary N) is 3. The van der Waals surface area contributed by atoms with Gasteiger partial charge in [-0.05, 0) is 18.9 Å². The molecular formula is C8H12N4O3S. The van der Waals surface area contributed by atoms with Crippen LogP contribution in [0.25, 0.3) is 0 Å². The molecule has 3 N–H and O–H groups in total. The molecule has 1 aromatic heterocycles. The van der Waals surface area contributed by atoms with Crippen LogP contribution in [0.4, 0.5) is 0 Å². The molecule has 1 fully saturated rings. The third kappa shape index (κ3) is 2.22. The minimum absolute atomic E-state index is 0.0362. The first-order valence-corrected chi connectivity index (χ1v) is 6.37. The maximum atomic E-state index is 11.7. The quantitative estimate of drug-likeness (QED) is 0.632. The number of aromatic nitrogens is 2. The summed E-state index contributed by atoms with van der Waals surface area (Å²) in [7, 11) is -3.68. The highest BCUT2D eigenvalue weighted by Gasteiger charge is 2.28. The van der Waals surface area contributed by atoms with E-state index in [0.717, 1.165) is 6.42 Å².